The Hall–Kier alpha value is -2.53. The zero-order valence-corrected chi connectivity index (χ0v) is 15.6. The summed E-state index contributed by atoms with van der Waals surface area (Å²) in [5.74, 6) is -1.74. The van der Waals surface area contributed by atoms with Crippen LogP contribution in [0.25, 0.3) is 11.4 Å². The molecule has 0 saturated heterocycles. The fourth-order valence-corrected chi connectivity index (χ4v) is 2.67. The van der Waals surface area contributed by atoms with Gasteiger partial charge in [0.05, 0.1) is 12.0 Å². The van der Waals surface area contributed by atoms with E-state index in [1.165, 1.54) is 11.1 Å². The van der Waals surface area contributed by atoms with Gasteiger partial charge in [-0.25, -0.2) is 4.79 Å². The van der Waals surface area contributed by atoms with Gasteiger partial charge in [-0.1, -0.05) is 5.16 Å². The molecule has 1 aliphatic rings. The molecule has 0 saturated carbocycles. The number of aliphatic carboxylic acids is 1. The normalized spacial score (nSPS) is 14.1. The van der Waals surface area contributed by atoms with Crippen LogP contribution in [0.1, 0.15) is 36.6 Å². The SMILES string of the molecule is Cc1ncc2c(c1-c1noc(CC(C)(C)O)n1)CCNC2.O=C(O)C(F)(F)F. The van der Waals surface area contributed by atoms with Crippen molar-refractivity contribution in [3.8, 4) is 11.4 Å². The van der Waals surface area contributed by atoms with Crippen LogP contribution < -0.4 is 5.32 Å². The predicted octanol–water partition coefficient (Wildman–Crippen LogP) is 2.03. The molecule has 2 aromatic rings. The van der Waals surface area contributed by atoms with Crippen molar-refractivity contribution in [3.05, 3.63) is 28.9 Å². The fraction of sp³-hybridized carbons (Fsp3) is 0.529. The molecule has 0 aliphatic carbocycles. The number of carboxylic acid groups (broad SMARTS) is 1. The topological polar surface area (TPSA) is 121 Å². The van der Waals surface area contributed by atoms with E-state index in [4.69, 9.17) is 14.4 Å². The van der Waals surface area contributed by atoms with Gasteiger partial charge < -0.3 is 20.1 Å². The van der Waals surface area contributed by atoms with Crippen molar-refractivity contribution in [2.24, 2.45) is 0 Å². The van der Waals surface area contributed by atoms with Crippen LogP contribution in [0, 0.1) is 6.92 Å². The number of halogens is 3. The molecule has 0 bridgehead atoms. The summed E-state index contributed by atoms with van der Waals surface area (Å²) in [5, 5.41) is 24.4. The molecule has 0 radical (unpaired) electrons. The van der Waals surface area contributed by atoms with Crippen LogP contribution in [0.2, 0.25) is 0 Å². The molecule has 0 amide bonds. The Bertz CT molecular complexity index is 844. The predicted molar refractivity (Wildman–Crippen MR) is 91.4 cm³/mol. The maximum absolute atomic E-state index is 10.6. The Morgan fingerprint density at radius 1 is 1.36 bits per heavy atom. The number of aryl methyl sites for hydroxylation is 1. The van der Waals surface area contributed by atoms with Crippen molar-refractivity contribution in [1.82, 2.24) is 20.4 Å². The number of nitrogens with one attached hydrogen (secondary N) is 1. The zero-order chi connectivity index (χ0) is 21.1. The van der Waals surface area contributed by atoms with E-state index in [-0.39, 0.29) is 0 Å². The van der Waals surface area contributed by atoms with Crippen LogP contribution in [0.5, 0.6) is 0 Å². The molecule has 0 unspecified atom stereocenters. The van der Waals surface area contributed by atoms with E-state index in [1.807, 2.05) is 13.1 Å². The van der Waals surface area contributed by atoms with Crippen LogP contribution in [-0.4, -0.2) is 49.6 Å². The summed E-state index contributed by atoms with van der Waals surface area (Å²) >= 11 is 0. The van der Waals surface area contributed by atoms with Gasteiger partial charge in [-0.05, 0) is 44.9 Å². The van der Waals surface area contributed by atoms with E-state index < -0.39 is 17.7 Å². The van der Waals surface area contributed by atoms with E-state index in [0.717, 1.165) is 30.8 Å². The average molecular weight is 402 g/mol. The number of carbonyl (C=O) groups is 1. The summed E-state index contributed by atoms with van der Waals surface area (Å²) in [6.45, 7) is 7.17. The van der Waals surface area contributed by atoms with E-state index in [1.54, 1.807) is 13.8 Å². The summed E-state index contributed by atoms with van der Waals surface area (Å²) in [5.41, 5.74) is 3.45. The lowest BCUT2D eigenvalue weighted by Gasteiger charge is -2.19. The van der Waals surface area contributed by atoms with E-state index in [2.05, 4.69) is 20.4 Å². The number of aromatic nitrogens is 3. The molecule has 154 valence electrons. The van der Waals surface area contributed by atoms with Crippen molar-refractivity contribution in [2.45, 2.75) is 51.9 Å². The van der Waals surface area contributed by atoms with Gasteiger partial charge in [0.25, 0.3) is 0 Å². The molecular formula is C17H21F3N4O4. The summed E-state index contributed by atoms with van der Waals surface area (Å²) in [6.07, 6.45) is -1.90. The first-order chi connectivity index (χ1) is 12.9. The lowest BCUT2D eigenvalue weighted by molar-refractivity contribution is -0.192. The molecule has 0 atom stereocenters. The van der Waals surface area contributed by atoms with Crippen LogP contribution in [0.3, 0.4) is 0 Å². The molecule has 3 heterocycles. The van der Waals surface area contributed by atoms with Gasteiger partial charge in [0, 0.05) is 24.0 Å². The molecule has 0 fully saturated rings. The van der Waals surface area contributed by atoms with E-state index in [0.29, 0.717) is 18.1 Å². The lowest BCUT2D eigenvalue weighted by atomic mass is 9.95. The second-order valence-electron chi connectivity index (χ2n) is 6.95. The third-order valence-electron chi connectivity index (χ3n) is 3.85. The van der Waals surface area contributed by atoms with Gasteiger partial charge in [0.2, 0.25) is 11.7 Å². The summed E-state index contributed by atoms with van der Waals surface area (Å²) < 4.78 is 37.0. The molecule has 3 rings (SSSR count). The highest BCUT2D eigenvalue weighted by molar-refractivity contribution is 5.73. The molecule has 3 N–H and O–H groups in total. The molecule has 2 aromatic heterocycles. The highest BCUT2D eigenvalue weighted by Gasteiger charge is 2.38. The van der Waals surface area contributed by atoms with Gasteiger partial charge in [-0.2, -0.15) is 18.2 Å². The van der Waals surface area contributed by atoms with Crippen molar-refractivity contribution >= 4 is 5.97 Å². The Morgan fingerprint density at radius 2 is 2.00 bits per heavy atom. The third kappa shape index (κ3) is 5.73. The highest BCUT2D eigenvalue weighted by atomic mass is 19.4. The number of nitrogens with zero attached hydrogens (tertiary/aromatic N) is 3. The van der Waals surface area contributed by atoms with E-state index in [9.17, 15) is 18.3 Å². The first-order valence-electron chi connectivity index (χ1n) is 8.42. The third-order valence-corrected chi connectivity index (χ3v) is 3.85. The number of carboxylic acids is 1. The average Bonchev–Trinajstić information content (AvgIpc) is 3.00. The van der Waals surface area contributed by atoms with Gasteiger partial charge in [0.15, 0.2) is 0 Å². The summed E-state index contributed by atoms with van der Waals surface area (Å²) in [6, 6.07) is 0. The number of hydrogen-bond donors (Lipinski definition) is 3. The standard InChI is InChI=1S/C15H20N4O2.C2HF3O2/c1-9-13(11-4-5-16-7-10(11)8-17-9)14-18-12(21-19-14)6-15(2,3)20;3-2(4,5)1(6)7/h8,16,20H,4-7H2,1-3H3;(H,6,7). The minimum absolute atomic E-state index is 0.336. The Labute approximate surface area is 158 Å². The molecular weight excluding hydrogens is 381 g/mol. The van der Waals surface area contributed by atoms with E-state index >= 15 is 0 Å². The van der Waals surface area contributed by atoms with Gasteiger partial charge >= 0.3 is 12.1 Å². The van der Waals surface area contributed by atoms with Crippen LogP contribution in [0.4, 0.5) is 13.2 Å². The van der Waals surface area contributed by atoms with Crippen molar-refractivity contribution in [2.75, 3.05) is 6.54 Å². The minimum Gasteiger partial charge on any atom is -0.475 e. The van der Waals surface area contributed by atoms with Gasteiger partial charge in [-0.3, -0.25) is 4.98 Å². The van der Waals surface area contributed by atoms with Crippen LogP contribution >= 0.6 is 0 Å². The van der Waals surface area contributed by atoms with Crippen molar-refractivity contribution in [3.63, 3.8) is 0 Å². The Morgan fingerprint density at radius 3 is 2.57 bits per heavy atom. The number of pyridine rings is 1. The number of alkyl halides is 3. The molecule has 0 aromatic carbocycles. The number of hydrogen-bond acceptors (Lipinski definition) is 7. The number of rotatable bonds is 3. The molecule has 1 aliphatic heterocycles. The largest absolute Gasteiger partial charge is 0.490 e. The first kappa shape index (κ1) is 21.8. The Balaban J connectivity index is 0.000000345. The second-order valence-corrected chi connectivity index (χ2v) is 6.95. The molecule has 28 heavy (non-hydrogen) atoms. The fourth-order valence-electron chi connectivity index (χ4n) is 2.67. The molecule has 0 spiro atoms. The maximum Gasteiger partial charge on any atom is 0.490 e. The number of fused-ring (bicyclic) bond motifs is 1. The Kier molecular flexibility index (Phi) is 6.40. The molecule has 8 nitrogen and oxygen atoms in total. The quantitative estimate of drug-likeness (QED) is 0.713. The van der Waals surface area contributed by atoms with Crippen molar-refractivity contribution in [1.29, 1.82) is 0 Å². The molecule has 11 heteroatoms. The zero-order valence-electron chi connectivity index (χ0n) is 15.6. The minimum atomic E-state index is -5.08. The van der Waals surface area contributed by atoms with Gasteiger partial charge in [0.1, 0.15) is 0 Å². The number of aliphatic hydroxyl groups is 1. The first-order valence-corrected chi connectivity index (χ1v) is 8.42. The highest BCUT2D eigenvalue weighted by Crippen LogP contribution is 2.29. The maximum atomic E-state index is 10.6. The second kappa shape index (κ2) is 8.23. The van der Waals surface area contributed by atoms with Gasteiger partial charge in [-0.15, -0.1) is 0 Å². The van der Waals surface area contributed by atoms with Crippen LogP contribution in [-0.2, 0) is 24.2 Å². The summed E-state index contributed by atoms with van der Waals surface area (Å²) in [7, 11) is 0. The lowest BCUT2D eigenvalue weighted by Crippen LogP contribution is -2.25. The smallest absolute Gasteiger partial charge is 0.475 e. The summed E-state index contributed by atoms with van der Waals surface area (Å²) in [4.78, 5) is 17.8. The van der Waals surface area contributed by atoms with Crippen LogP contribution in [0.15, 0.2) is 10.7 Å². The monoisotopic (exact) mass is 402 g/mol. The van der Waals surface area contributed by atoms with Crippen molar-refractivity contribution < 1.29 is 32.7 Å².